The fourth-order valence-corrected chi connectivity index (χ4v) is 2.36. The number of anilines is 1. The van der Waals surface area contributed by atoms with E-state index in [-0.39, 0.29) is 0 Å². The Morgan fingerprint density at radius 2 is 1.89 bits per heavy atom. The van der Waals surface area contributed by atoms with Crippen molar-refractivity contribution in [2.24, 2.45) is 0 Å². The highest BCUT2D eigenvalue weighted by Gasteiger charge is 2.24. The Kier molecular flexibility index (Phi) is 4.02. The topological polar surface area (TPSA) is 71.5 Å². The van der Waals surface area contributed by atoms with Gasteiger partial charge in [0.15, 0.2) is 5.13 Å². The van der Waals surface area contributed by atoms with Crippen LogP contribution in [0.4, 0.5) is 9.93 Å². The van der Waals surface area contributed by atoms with Crippen LogP contribution in [0.15, 0.2) is 0 Å². The number of aliphatic hydroxyl groups is 1. The molecular formula is C12H20N2O3S. The smallest absolute Gasteiger partial charge is 0.413 e. The monoisotopic (exact) mass is 272 g/mol. The van der Waals surface area contributed by atoms with E-state index >= 15 is 0 Å². The molecule has 0 saturated carbocycles. The van der Waals surface area contributed by atoms with Crippen LogP contribution < -0.4 is 5.32 Å². The number of amides is 1. The lowest BCUT2D eigenvalue weighted by molar-refractivity contribution is 0.0635. The van der Waals surface area contributed by atoms with Crippen molar-refractivity contribution in [3.63, 3.8) is 0 Å². The van der Waals surface area contributed by atoms with Crippen molar-refractivity contribution in [3.8, 4) is 0 Å². The first-order chi connectivity index (χ1) is 7.99. The molecule has 18 heavy (non-hydrogen) atoms. The number of hydrogen-bond acceptors (Lipinski definition) is 5. The van der Waals surface area contributed by atoms with Crippen LogP contribution in [0.5, 0.6) is 0 Å². The van der Waals surface area contributed by atoms with Gasteiger partial charge in [0.25, 0.3) is 0 Å². The zero-order valence-electron chi connectivity index (χ0n) is 11.6. The third-order valence-corrected chi connectivity index (χ3v) is 3.35. The van der Waals surface area contributed by atoms with Crippen molar-refractivity contribution >= 4 is 22.6 Å². The van der Waals surface area contributed by atoms with Crippen LogP contribution >= 0.6 is 11.3 Å². The maximum Gasteiger partial charge on any atom is 0.413 e. The number of nitrogens with one attached hydrogen (secondary N) is 1. The van der Waals surface area contributed by atoms with Gasteiger partial charge in [-0.1, -0.05) is 11.3 Å². The van der Waals surface area contributed by atoms with E-state index in [9.17, 15) is 9.90 Å². The normalized spacial score (nSPS) is 12.4. The molecule has 6 heteroatoms. The molecule has 0 spiro atoms. The highest BCUT2D eigenvalue weighted by Crippen LogP contribution is 2.32. The van der Waals surface area contributed by atoms with Gasteiger partial charge in [-0.3, -0.25) is 5.32 Å². The van der Waals surface area contributed by atoms with Crippen molar-refractivity contribution < 1.29 is 14.6 Å². The number of carbonyl (C=O) groups is 1. The van der Waals surface area contributed by atoms with E-state index in [1.54, 1.807) is 41.5 Å². The fourth-order valence-electron chi connectivity index (χ4n) is 1.41. The van der Waals surface area contributed by atoms with Crippen molar-refractivity contribution in [1.29, 1.82) is 0 Å². The summed E-state index contributed by atoms with van der Waals surface area (Å²) in [6.45, 7) is 10.5. The van der Waals surface area contributed by atoms with Crippen LogP contribution in [0.1, 0.15) is 45.2 Å². The van der Waals surface area contributed by atoms with E-state index in [0.717, 1.165) is 4.88 Å². The molecule has 1 aromatic heterocycles. The lowest BCUT2D eigenvalue weighted by Gasteiger charge is -2.19. The van der Waals surface area contributed by atoms with Crippen molar-refractivity contribution in [3.05, 3.63) is 10.6 Å². The third-order valence-electron chi connectivity index (χ3n) is 1.96. The van der Waals surface area contributed by atoms with E-state index in [2.05, 4.69) is 10.3 Å². The van der Waals surface area contributed by atoms with Crippen molar-refractivity contribution in [2.75, 3.05) is 5.32 Å². The van der Waals surface area contributed by atoms with E-state index in [0.29, 0.717) is 10.8 Å². The first-order valence-corrected chi connectivity index (χ1v) is 6.51. The molecule has 1 rings (SSSR count). The first-order valence-electron chi connectivity index (χ1n) is 5.69. The van der Waals surface area contributed by atoms with Gasteiger partial charge in [-0.05, 0) is 41.5 Å². The van der Waals surface area contributed by atoms with E-state index < -0.39 is 17.3 Å². The summed E-state index contributed by atoms with van der Waals surface area (Å²) in [6, 6.07) is 0. The zero-order chi connectivity index (χ0) is 14.1. The summed E-state index contributed by atoms with van der Waals surface area (Å²) in [5.74, 6) is 0. The third kappa shape index (κ3) is 4.27. The minimum atomic E-state index is -0.963. The molecule has 0 radical (unpaired) electrons. The molecule has 1 heterocycles. The summed E-state index contributed by atoms with van der Waals surface area (Å²) in [6.07, 6.45) is -0.543. The molecule has 0 unspecified atom stereocenters. The lowest BCUT2D eigenvalue weighted by atomic mass is 10.1. The molecular weight excluding hydrogens is 252 g/mol. The van der Waals surface area contributed by atoms with Gasteiger partial charge in [0, 0.05) is 0 Å². The highest BCUT2D eigenvalue weighted by atomic mass is 32.1. The summed E-state index contributed by atoms with van der Waals surface area (Å²) >= 11 is 1.25. The van der Waals surface area contributed by atoms with Gasteiger partial charge < -0.3 is 9.84 Å². The van der Waals surface area contributed by atoms with Crippen LogP contribution in [-0.2, 0) is 10.3 Å². The Bertz CT molecular complexity index is 441. The molecule has 0 atom stereocenters. The highest BCUT2D eigenvalue weighted by molar-refractivity contribution is 7.16. The number of hydrogen-bond donors (Lipinski definition) is 2. The first kappa shape index (κ1) is 14.9. The largest absolute Gasteiger partial charge is 0.444 e. The van der Waals surface area contributed by atoms with Gasteiger partial charge >= 0.3 is 6.09 Å². The summed E-state index contributed by atoms with van der Waals surface area (Å²) < 4.78 is 5.13. The van der Waals surface area contributed by atoms with E-state index in [1.807, 2.05) is 0 Å². The second-order valence-electron chi connectivity index (χ2n) is 5.62. The average Bonchev–Trinajstić information content (AvgIpc) is 2.41. The van der Waals surface area contributed by atoms with E-state index in [4.69, 9.17) is 4.74 Å². The molecule has 5 nitrogen and oxygen atoms in total. The maximum absolute atomic E-state index is 11.6. The molecule has 102 valence electrons. The zero-order valence-corrected chi connectivity index (χ0v) is 12.4. The molecule has 0 aliphatic rings. The van der Waals surface area contributed by atoms with Crippen molar-refractivity contribution in [2.45, 2.75) is 52.7 Å². The van der Waals surface area contributed by atoms with Crippen LogP contribution in [-0.4, -0.2) is 21.8 Å². The SMILES string of the molecule is Cc1nc(NC(=O)OC(C)(C)C)sc1C(C)(C)O. The molecule has 1 aromatic rings. The van der Waals surface area contributed by atoms with E-state index in [1.165, 1.54) is 11.3 Å². The molecule has 2 N–H and O–H groups in total. The summed E-state index contributed by atoms with van der Waals surface area (Å²) in [4.78, 5) is 16.5. The second kappa shape index (κ2) is 4.85. The summed E-state index contributed by atoms with van der Waals surface area (Å²) in [5.41, 5.74) is -0.802. The number of rotatable bonds is 2. The van der Waals surface area contributed by atoms with Crippen LogP contribution in [0.25, 0.3) is 0 Å². The number of carbonyl (C=O) groups excluding carboxylic acids is 1. The molecule has 1 amide bonds. The summed E-state index contributed by atoms with van der Waals surface area (Å²) in [5, 5.41) is 12.9. The number of thiazole rings is 1. The Balaban J connectivity index is 2.79. The van der Waals surface area contributed by atoms with Gasteiger partial charge in [0.2, 0.25) is 0 Å². The predicted octanol–water partition coefficient (Wildman–Crippen LogP) is 3.03. The quantitative estimate of drug-likeness (QED) is 0.868. The maximum atomic E-state index is 11.6. The van der Waals surface area contributed by atoms with Crippen LogP contribution in [0.2, 0.25) is 0 Å². The molecule has 0 fully saturated rings. The second-order valence-corrected chi connectivity index (χ2v) is 6.62. The van der Waals surface area contributed by atoms with Crippen LogP contribution in [0, 0.1) is 6.92 Å². The standard InChI is InChI=1S/C12H20N2O3S/c1-7-8(12(5,6)16)18-9(13-7)14-10(15)17-11(2,3)4/h16H,1-6H3,(H,13,14,15). The molecule has 0 aliphatic heterocycles. The molecule has 0 saturated heterocycles. The number of aromatic nitrogens is 1. The number of ether oxygens (including phenoxy) is 1. The Morgan fingerprint density at radius 3 is 2.28 bits per heavy atom. The Labute approximate surface area is 111 Å². The summed E-state index contributed by atoms with van der Waals surface area (Å²) in [7, 11) is 0. The molecule has 0 aromatic carbocycles. The number of aryl methyl sites for hydroxylation is 1. The lowest BCUT2D eigenvalue weighted by Crippen LogP contribution is -2.27. The Morgan fingerprint density at radius 1 is 1.33 bits per heavy atom. The van der Waals surface area contributed by atoms with Gasteiger partial charge in [0.1, 0.15) is 5.60 Å². The predicted molar refractivity (Wildman–Crippen MR) is 72.0 cm³/mol. The van der Waals surface area contributed by atoms with Gasteiger partial charge in [0.05, 0.1) is 16.2 Å². The Hall–Kier alpha value is -1.14. The number of nitrogens with zero attached hydrogens (tertiary/aromatic N) is 1. The fraction of sp³-hybridized carbons (Fsp3) is 0.667. The van der Waals surface area contributed by atoms with Crippen LogP contribution in [0.3, 0.4) is 0 Å². The minimum absolute atomic E-state index is 0.430. The van der Waals surface area contributed by atoms with Crippen molar-refractivity contribution in [1.82, 2.24) is 4.98 Å². The minimum Gasteiger partial charge on any atom is -0.444 e. The molecule has 0 bridgehead atoms. The molecule has 0 aliphatic carbocycles. The van der Waals surface area contributed by atoms with Gasteiger partial charge in [-0.25, -0.2) is 9.78 Å². The van der Waals surface area contributed by atoms with Gasteiger partial charge in [-0.2, -0.15) is 0 Å². The average molecular weight is 272 g/mol. The van der Waals surface area contributed by atoms with Gasteiger partial charge in [-0.15, -0.1) is 0 Å².